The number of rotatable bonds is 12. The number of allylic oxidation sites excluding steroid dienone is 2. The normalized spacial score (nSPS) is 16.3. The van der Waals surface area contributed by atoms with Gasteiger partial charge in [0.2, 0.25) is 0 Å². The van der Waals surface area contributed by atoms with E-state index >= 15 is 0 Å². The summed E-state index contributed by atoms with van der Waals surface area (Å²) in [6.45, 7) is 8.93. The first-order chi connectivity index (χ1) is 14.5. The van der Waals surface area contributed by atoms with Gasteiger partial charge in [0.15, 0.2) is 0 Å². The smallest absolute Gasteiger partial charge is 0.325 e. The molecule has 0 unspecified atom stereocenters. The highest BCUT2D eigenvalue weighted by atomic mass is 35.5. The summed E-state index contributed by atoms with van der Waals surface area (Å²) in [5.41, 5.74) is 3.43. The molecule has 0 spiro atoms. The fourth-order valence-corrected chi connectivity index (χ4v) is 4.24. The highest BCUT2D eigenvalue weighted by Crippen LogP contribution is 2.43. The van der Waals surface area contributed by atoms with Gasteiger partial charge in [0, 0.05) is 23.9 Å². The maximum absolute atomic E-state index is 12.7. The number of hydrogen-bond donors (Lipinski definition) is 0. The van der Waals surface area contributed by atoms with Crippen molar-refractivity contribution in [2.75, 3.05) is 26.0 Å². The van der Waals surface area contributed by atoms with E-state index < -0.39 is 0 Å². The molecule has 0 aromatic heterocycles. The van der Waals surface area contributed by atoms with Crippen LogP contribution in [0.5, 0.6) is 11.5 Å². The third-order valence-corrected chi connectivity index (χ3v) is 5.64. The molecule has 30 heavy (non-hydrogen) atoms. The Morgan fingerprint density at radius 3 is 2.77 bits per heavy atom. The minimum Gasteiger partial charge on any atom is -0.465 e. The van der Waals surface area contributed by atoms with Gasteiger partial charge in [-0.1, -0.05) is 38.0 Å². The first kappa shape index (κ1) is 24.5. The lowest BCUT2D eigenvalue weighted by Crippen LogP contribution is -2.30. The summed E-state index contributed by atoms with van der Waals surface area (Å²) in [7, 11) is 1.87. The molecule has 0 fully saturated rings. The lowest BCUT2D eigenvalue weighted by Gasteiger charge is -2.25. The fraction of sp³-hybridized carbons (Fsp3) is 0.560. The van der Waals surface area contributed by atoms with E-state index in [-0.39, 0.29) is 18.4 Å². The van der Waals surface area contributed by atoms with Gasteiger partial charge in [0.05, 0.1) is 12.8 Å². The van der Waals surface area contributed by atoms with E-state index in [0.717, 1.165) is 55.4 Å². The van der Waals surface area contributed by atoms with Gasteiger partial charge < -0.3 is 9.47 Å². The van der Waals surface area contributed by atoms with E-state index in [1.54, 1.807) is 0 Å². The van der Waals surface area contributed by atoms with Gasteiger partial charge in [0.1, 0.15) is 11.5 Å². The van der Waals surface area contributed by atoms with Crippen molar-refractivity contribution >= 4 is 17.6 Å². The van der Waals surface area contributed by atoms with Gasteiger partial charge in [-0.2, -0.15) is 0 Å². The van der Waals surface area contributed by atoms with Gasteiger partial charge in [-0.3, -0.25) is 9.69 Å². The quantitative estimate of drug-likeness (QED) is 0.0977. The predicted octanol–water partition coefficient (Wildman–Crippen LogP) is 6.23. The molecule has 2 rings (SSSR count). The Morgan fingerprint density at radius 1 is 1.33 bits per heavy atom. The van der Waals surface area contributed by atoms with Crippen LogP contribution in [-0.4, -0.2) is 36.9 Å². The molecule has 0 saturated heterocycles. The first-order valence-electron chi connectivity index (χ1n) is 11.0. The number of carbonyl (C=O) groups is 1. The first-order valence-corrected chi connectivity index (χ1v) is 11.6. The number of carbonyl (C=O) groups excluding carboxylic acids is 1. The molecule has 0 N–H and O–H groups in total. The van der Waals surface area contributed by atoms with E-state index in [9.17, 15) is 4.79 Å². The molecule has 1 aromatic rings. The zero-order valence-electron chi connectivity index (χ0n) is 18.7. The van der Waals surface area contributed by atoms with Crippen LogP contribution in [-0.2, 0) is 11.2 Å². The summed E-state index contributed by atoms with van der Waals surface area (Å²) in [5, 5.41) is 0. The summed E-state index contributed by atoms with van der Waals surface area (Å²) in [6, 6.07) is 4.11. The average Bonchev–Trinajstić information content (AvgIpc) is 2.68. The van der Waals surface area contributed by atoms with E-state index in [4.69, 9.17) is 21.1 Å². The summed E-state index contributed by atoms with van der Waals surface area (Å²) in [6.07, 6.45) is 11.3. The minimum absolute atomic E-state index is 0.168. The highest BCUT2D eigenvalue weighted by molar-refractivity contribution is 6.18. The van der Waals surface area contributed by atoms with Crippen molar-refractivity contribution in [2.24, 2.45) is 0 Å². The second-order valence-electron chi connectivity index (χ2n) is 8.16. The lowest BCUT2D eigenvalue weighted by atomic mass is 9.84. The van der Waals surface area contributed by atoms with Crippen molar-refractivity contribution in [3.63, 3.8) is 0 Å². The number of benzene rings is 1. The fourth-order valence-electron chi connectivity index (χ4n) is 3.95. The number of likely N-dealkylation sites (N-methyl/N-ethyl adjacent to an activating group) is 1. The number of unbranched alkanes of at least 4 members (excludes halogenated alkanes) is 2. The largest absolute Gasteiger partial charge is 0.465 e. The summed E-state index contributed by atoms with van der Waals surface area (Å²) < 4.78 is 11.7. The number of esters is 1. The van der Waals surface area contributed by atoms with Crippen LogP contribution in [0.2, 0.25) is 0 Å². The van der Waals surface area contributed by atoms with Crippen molar-refractivity contribution in [1.82, 2.24) is 4.90 Å². The van der Waals surface area contributed by atoms with Gasteiger partial charge in [-0.25, -0.2) is 0 Å². The number of halogens is 1. The number of nitrogens with zero attached hydrogens (tertiary/aromatic N) is 1. The molecule has 166 valence electrons. The van der Waals surface area contributed by atoms with E-state index in [1.165, 1.54) is 18.3 Å². The summed E-state index contributed by atoms with van der Waals surface area (Å²) in [4.78, 5) is 14.5. The Labute approximate surface area is 186 Å². The van der Waals surface area contributed by atoms with Crippen LogP contribution < -0.4 is 9.47 Å². The second kappa shape index (κ2) is 12.8. The predicted molar refractivity (Wildman–Crippen MR) is 125 cm³/mol. The highest BCUT2D eigenvalue weighted by Gasteiger charge is 2.25. The average molecular weight is 434 g/mol. The standard InChI is InChI=1S/C25H36ClNO3/c1-5-7-8-11-20-16-22(29-6-2)25(21-12-9-10-19(3)15-21)23(17-20)30-24(28)18-27(4)14-13-26/h6,15-17,21H,2,5,7-14,18H2,1,3-4H3/t21-/m0/s1. The van der Waals surface area contributed by atoms with E-state index in [2.05, 4.69) is 32.6 Å². The number of alkyl halides is 1. The molecule has 1 aromatic carbocycles. The molecule has 0 amide bonds. The third kappa shape index (κ3) is 7.48. The van der Waals surface area contributed by atoms with Crippen molar-refractivity contribution in [2.45, 2.75) is 64.7 Å². The van der Waals surface area contributed by atoms with Crippen LogP contribution in [0.1, 0.15) is 69.4 Å². The molecule has 4 nitrogen and oxygen atoms in total. The molecule has 1 aliphatic carbocycles. The van der Waals surface area contributed by atoms with Crippen molar-refractivity contribution < 1.29 is 14.3 Å². The van der Waals surface area contributed by atoms with Crippen LogP contribution in [0.3, 0.4) is 0 Å². The Bertz CT molecular complexity index is 744. The number of hydrogen-bond acceptors (Lipinski definition) is 4. The van der Waals surface area contributed by atoms with Gasteiger partial charge in [-0.15, -0.1) is 11.6 Å². The van der Waals surface area contributed by atoms with Crippen LogP contribution in [0.4, 0.5) is 0 Å². The summed E-state index contributed by atoms with van der Waals surface area (Å²) in [5.74, 6) is 1.72. The number of aryl methyl sites for hydroxylation is 1. The molecule has 1 aliphatic rings. The topological polar surface area (TPSA) is 38.8 Å². The van der Waals surface area contributed by atoms with Crippen LogP contribution >= 0.6 is 11.6 Å². The van der Waals surface area contributed by atoms with Crippen molar-refractivity contribution in [1.29, 1.82) is 0 Å². The Kier molecular flexibility index (Phi) is 10.5. The maximum atomic E-state index is 12.7. The molecular weight excluding hydrogens is 398 g/mol. The van der Waals surface area contributed by atoms with Gasteiger partial charge in [-0.05, 0) is 63.8 Å². The van der Waals surface area contributed by atoms with Gasteiger partial charge >= 0.3 is 5.97 Å². The Balaban J connectivity index is 2.40. The number of ether oxygens (including phenoxy) is 2. The minimum atomic E-state index is -0.282. The maximum Gasteiger partial charge on any atom is 0.325 e. The molecular formula is C25H36ClNO3. The molecule has 5 heteroatoms. The zero-order chi connectivity index (χ0) is 21.9. The molecule has 0 radical (unpaired) electrons. The summed E-state index contributed by atoms with van der Waals surface area (Å²) >= 11 is 5.79. The van der Waals surface area contributed by atoms with Crippen LogP contribution in [0, 0.1) is 0 Å². The molecule has 0 aliphatic heterocycles. The Hall–Kier alpha value is -1.78. The molecule has 0 heterocycles. The lowest BCUT2D eigenvalue weighted by molar-refractivity contribution is -0.135. The Morgan fingerprint density at radius 2 is 2.10 bits per heavy atom. The van der Waals surface area contributed by atoms with Crippen LogP contribution in [0.15, 0.2) is 36.6 Å². The zero-order valence-corrected chi connectivity index (χ0v) is 19.5. The van der Waals surface area contributed by atoms with E-state index in [1.807, 2.05) is 18.0 Å². The SMILES string of the molecule is C=COc1cc(CCCCC)cc(OC(=O)CN(C)CCCl)c1[C@@H]1C=C(C)CCC1. The third-order valence-electron chi connectivity index (χ3n) is 5.47. The van der Waals surface area contributed by atoms with Crippen molar-refractivity contribution in [3.05, 3.63) is 47.7 Å². The molecule has 1 atom stereocenters. The van der Waals surface area contributed by atoms with Crippen LogP contribution in [0.25, 0.3) is 0 Å². The molecule has 0 bridgehead atoms. The van der Waals surface area contributed by atoms with Gasteiger partial charge in [0.25, 0.3) is 0 Å². The second-order valence-corrected chi connectivity index (χ2v) is 8.54. The van der Waals surface area contributed by atoms with Crippen molar-refractivity contribution in [3.8, 4) is 11.5 Å². The van der Waals surface area contributed by atoms with E-state index in [0.29, 0.717) is 18.2 Å². The monoisotopic (exact) mass is 433 g/mol. The molecule has 0 saturated carbocycles.